The standard InChI is InChI=1S/C28H21ClN2O5S2/c1-16-11-12-21(17(2)13-16)25(32)23-24(18-7-6-8-19(29)14-18)31(27(34)26(23)33)28-30-15-22(37-28)38(35,36)20-9-4-3-5-10-20/h3-15,24,32H,1-2H3. The highest BCUT2D eigenvalue weighted by molar-refractivity contribution is 7.93. The first kappa shape index (κ1) is 25.8. The number of benzene rings is 3. The van der Waals surface area contributed by atoms with Crippen LogP contribution in [0.1, 0.15) is 28.3 Å². The van der Waals surface area contributed by atoms with Gasteiger partial charge in [0.2, 0.25) is 9.84 Å². The summed E-state index contributed by atoms with van der Waals surface area (Å²) in [6.07, 6.45) is 1.17. The SMILES string of the molecule is Cc1ccc(C(O)=C2C(=O)C(=O)N(c3ncc(S(=O)(=O)c4ccccc4)s3)C2c2cccc(Cl)c2)c(C)c1. The molecule has 10 heteroatoms. The van der Waals surface area contributed by atoms with Crippen molar-refractivity contribution in [3.05, 3.63) is 112 Å². The third kappa shape index (κ3) is 4.42. The van der Waals surface area contributed by atoms with Gasteiger partial charge in [0.1, 0.15) is 9.97 Å². The van der Waals surface area contributed by atoms with Crippen molar-refractivity contribution < 1.29 is 23.1 Å². The van der Waals surface area contributed by atoms with Crippen LogP contribution >= 0.6 is 22.9 Å². The van der Waals surface area contributed by atoms with Crippen LogP contribution in [0.25, 0.3) is 5.76 Å². The summed E-state index contributed by atoms with van der Waals surface area (Å²) in [5.74, 6) is -2.17. The Hall–Kier alpha value is -3.79. The van der Waals surface area contributed by atoms with Gasteiger partial charge in [-0.3, -0.25) is 14.5 Å². The maximum Gasteiger partial charge on any atom is 0.301 e. The molecule has 192 valence electrons. The van der Waals surface area contributed by atoms with E-state index in [-0.39, 0.29) is 25.6 Å². The molecule has 3 aromatic carbocycles. The van der Waals surface area contributed by atoms with Gasteiger partial charge in [-0.2, -0.15) is 0 Å². The molecular formula is C28H21ClN2O5S2. The molecule has 1 amide bonds. The van der Waals surface area contributed by atoms with Crippen molar-refractivity contribution >= 4 is 55.4 Å². The zero-order valence-corrected chi connectivity index (χ0v) is 22.6. The summed E-state index contributed by atoms with van der Waals surface area (Å²) in [6, 6.07) is 18.7. The number of aliphatic hydroxyl groups excluding tert-OH is 1. The third-order valence-corrected chi connectivity index (χ3v) is 9.71. The Kier molecular flexibility index (Phi) is 6.68. The summed E-state index contributed by atoms with van der Waals surface area (Å²) < 4.78 is 26.2. The van der Waals surface area contributed by atoms with Crippen LogP contribution in [0.3, 0.4) is 0 Å². The van der Waals surface area contributed by atoms with Crippen LogP contribution in [0.5, 0.6) is 0 Å². The summed E-state index contributed by atoms with van der Waals surface area (Å²) in [5, 5.41) is 11.7. The lowest BCUT2D eigenvalue weighted by Gasteiger charge is -2.23. The molecule has 0 aliphatic carbocycles. The molecule has 5 rings (SSSR count). The lowest BCUT2D eigenvalue weighted by Crippen LogP contribution is -2.29. The van der Waals surface area contributed by atoms with Gasteiger partial charge in [-0.1, -0.05) is 77.0 Å². The fraction of sp³-hybridized carbons (Fsp3) is 0.107. The van der Waals surface area contributed by atoms with Crippen LogP contribution in [0.4, 0.5) is 5.13 Å². The second-order valence-corrected chi connectivity index (χ2v) is 12.4. The number of nitrogens with zero attached hydrogens (tertiary/aromatic N) is 2. The molecule has 4 aromatic rings. The monoisotopic (exact) mass is 564 g/mol. The van der Waals surface area contributed by atoms with Gasteiger partial charge in [0.25, 0.3) is 5.78 Å². The first-order valence-corrected chi connectivity index (χ1v) is 14.2. The van der Waals surface area contributed by atoms with Crippen LogP contribution in [0.2, 0.25) is 5.02 Å². The second kappa shape index (κ2) is 9.83. The second-order valence-electron chi connectivity index (χ2n) is 8.82. The smallest absolute Gasteiger partial charge is 0.301 e. The molecule has 7 nitrogen and oxygen atoms in total. The summed E-state index contributed by atoms with van der Waals surface area (Å²) >= 11 is 7.02. The van der Waals surface area contributed by atoms with E-state index in [9.17, 15) is 23.1 Å². The summed E-state index contributed by atoms with van der Waals surface area (Å²) in [5.41, 5.74) is 2.44. The molecule has 2 heterocycles. The van der Waals surface area contributed by atoms with Crippen molar-refractivity contribution in [2.24, 2.45) is 0 Å². The molecule has 38 heavy (non-hydrogen) atoms. The predicted octanol–water partition coefficient (Wildman–Crippen LogP) is 5.87. The number of Topliss-reactive ketones (excluding diaryl/α,β-unsaturated/α-hetero) is 1. The highest BCUT2D eigenvalue weighted by atomic mass is 35.5. The maximum atomic E-state index is 13.4. The Morgan fingerprint density at radius 1 is 1.00 bits per heavy atom. The summed E-state index contributed by atoms with van der Waals surface area (Å²) in [4.78, 5) is 32.2. The van der Waals surface area contributed by atoms with Gasteiger partial charge in [0.15, 0.2) is 5.13 Å². The quantitative estimate of drug-likeness (QED) is 0.185. The number of amides is 1. The first-order chi connectivity index (χ1) is 18.1. The molecule has 0 bridgehead atoms. The number of anilines is 1. The molecule has 1 saturated heterocycles. The average molecular weight is 565 g/mol. The largest absolute Gasteiger partial charge is 0.507 e. The van der Waals surface area contributed by atoms with E-state index in [2.05, 4.69) is 4.98 Å². The lowest BCUT2D eigenvalue weighted by molar-refractivity contribution is -0.132. The number of aromatic nitrogens is 1. The van der Waals surface area contributed by atoms with Gasteiger partial charge in [-0.25, -0.2) is 13.4 Å². The van der Waals surface area contributed by atoms with E-state index in [4.69, 9.17) is 11.6 Å². The average Bonchev–Trinajstić information content (AvgIpc) is 3.48. The van der Waals surface area contributed by atoms with Gasteiger partial charge < -0.3 is 5.11 Å². The van der Waals surface area contributed by atoms with Crippen molar-refractivity contribution in [3.63, 3.8) is 0 Å². The molecule has 1 aromatic heterocycles. The Labute approximate surface area is 228 Å². The Morgan fingerprint density at radius 3 is 2.42 bits per heavy atom. The Bertz CT molecular complexity index is 1730. The number of sulfone groups is 1. The molecule has 0 saturated carbocycles. The third-order valence-electron chi connectivity index (χ3n) is 6.24. The van der Waals surface area contributed by atoms with Gasteiger partial charge >= 0.3 is 5.91 Å². The fourth-order valence-electron chi connectivity index (χ4n) is 4.45. The topological polar surface area (TPSA) is 105 Å². The number of ketones is 1. The van der Waals surface area contributed by atoms with E-state index in [1.165, 1.54) is 18.3 Å². The highest BCUT2D eigenvalue weighted by Gasteiger charge is 2.48. The van der Waals surface area contributed by atoms with Crippen LogP contribution in [-0.2, 0) is 19.4 Å². The van der Waals surface area contributed by atoms with Gasteiger partial charge in [0.05, 0.1) is 22.7 Å². The van der Waals surface area contributed by atoms with Crippen LogP contribution < -0.4 is 4.90 Å². The van der Waals surface area contributed by atoms with Crippen LogP contribution in [0, 0.1) is 13.8 Å². The normalized spacial score (nSPS) is 17.2. The number of aliphatic hydroxyl groups is 1. The van der Waals surface area contributed by atoms with E-state index >= 15 is 0 Å². The summed E-state index contributed by atoms with van der Waals surface area (Å²) in [6.45, 7) is 3.71. The van der Waals surface area contributed by atoms with E-state index in [1.807, 2.05) is 13.0 Å². The minimum absolute atomic E-state index is 0.00580. The molecule has 1 aliphatic rings. The highest BCUT2D eigenvalue weighted by Crippen LogP contribution is 2.44. The number of rotatable bonds is 5. The van der Waals surface area contributed by atoms with E-state index in [0.717, 1.165) is 27.4 Å². The zero-order chi connectivity index (χ0) is 27.2. The van der Waals surface area contributed by atoms with E-state index < -0.39 is 27.6 Å². The lowest BCUT2D eigenvalue weighted by atomic mass is 9.93. The van der Waals surface area contributed by atoms with Crippen molar-refractivity contribution in [2.75, 3.05) is 4.90 Å². The van der Waals surface area contributed by atoms with Crippen molar-refractivity contribution in [1.29, 1.82) is 0 Å². The van der Waals surface area contributed by atoms with Crippen LogP contribution in [0.15, 0.2) is 93.7 Å². The first-order valence-electron chi connectivity index (χ1n) is 11.5. The maximum absolute atomic E-state index is 13.4. The van der Waals surface area contributed by atoms with Crippen molar-refractivity contribution in [1.82, 2.24) is 4.98 Å². The number of carbonyl (C=O) groups excluding carboxylic acids is 2. The summed E-state index contributed by atoms with van der Waals surface area (Å²) in [7, 11) is -3.90. The molecular weight excluding hydrogens is 544 g/mol. The number of carbonyl (C=O) groups is 2. The molecule has 1 N–H and O–H groups in total. The number of thiazole rings is 1. The number of aryl methyl sites for hydroxylation is 2. The molecule has 1 fully saturated rings. The number of hydrogen-bond acceptors (Lipinski definition) is 7. The minimum atomic E-state index is -3.90. The molecule has 1 atom stereocenters. The van der Waals surface area contributed by atoms with Gasteiger partial charge in [0, 0.05) is 10.6 Å². The molecule has 0 radical (unpaired) electrons. The fourth-order valence-corrected chi connectivity index (χ4v) is 7.21. The zero-order valence-electron chi connectivity index (χ0n) is 20.3. The number of halogens is 1. The molecule has 0 spiro atoms. The minimum Gasteiger partial charge on any atom is -0.507 e. The molecule has 1 aliphatic heterocycles. The van der Waals surface area contributed by atoms with Gasteiger partial charge in [-0.05, 0) is 49.2 Å². The van der Waals surface area contributed by atoms with Crippen molar-refractivity contribution in [2.45, 2.75) is 29.0 Å². The van der Waals surface area contributed by atoms with Crippen molar-refractivity contribution in [3.8, 4) is 0 Å². The van der Waals surface area contributed by atoms with Crippen LogP contribution in [-0.4, -0.2) is 30.2 Å². The Balaban J connectivity index is 1.69. The number of hydrogen-bond donors (Lipinski definition) is 1. The predicted molar refractivity (Wildman–Crippen MR) is 146 cm³/mol. The van der Waals surface area contributed by atoms with E-state index in [0.29, 0.717) is 16.1 Å². The Morgan fingerprint density at radius 2 is 1.74 bits per heavy atom. The van der Waals surface area contributed by atoms with Gasteiger partial charge in [-0.15, -0.1) is 0 Å². The van der Waals surface area contributed by atoms with E-state index in [1.54, 1.807) is 61.5 Å². The molecule has 1 unspecified atom stereocenters.